The lowest BCUT2D eigenvalue weighted by atomic mass is 10.1. The van der Waals surface area contributed by atoms with E-state index in [1.54, 1.807) is 66.7 Å². The molecule has 0 radical (unpaired) electrons. The van der Waals surface area contributed by atoms with E-state index in [0.717, 1.165) is 0 Å². The summed E-state index contributed by atoms with van der Waals surface area (Å²) in [5.41, 5.74) is 6.22. The van der Waals surface area contributed by atoms with Gasteiger partial charge in [0.25, 0.3) is 17.7 Å². The lowest BCUT2D eigenvalue weighted by Crippen LogP contribution is -2.41. The molecule has 0 aliphatic heterocycles. The Morgan fingerprint density at radius 2 is 1.24 bits per heavy atom. The van der Waals surface area contributed by atoms with Crippen LogP contribution in [0.15, 0.2) is 72.8 Å². The molecular formula is C25H25N3O5. The van der Waals surface area contributed by atoms with Crippen LogP contribution in [0.4, 0.5) is 5.69 Å². The highest BCUT2D eigenvalue weighted by atomic mass is 16.5. The fourth-order valence-corrected chi connectivity index (χ4v) is 2.98. The first kappa shape index (κ1) is 23.3. The molecule has 0 spiro atoms. The zero-order valence-electron chi connectivity index (χ0n) is 18.4. The molecule has 0 aliphatic carbocycles. The lowest BCUT2D eigenvalue weighted by molar-refractivity contribution is 0.0846. The van der Waals surface area contributed by atoms with Crippen molar-refractivity contribution in [3.63, 3.8) is 0 Å². The third kappa shape index (κ3) is 6.33. The second-order valence-corrected chi connectivity index (χ2v) is 6.84. The molecule has 170 valence electrons. The Hall–Kier alpha value is -4.33. The van der Waals surface area contributed by atoms with Crippen molar-refractivity contribution in [2.75, 3.05) is 18.5 Å². The summed E-state index contributed by atoms with van der Waals surface area (Å²) in [5, 5.41) is 2.76. The van der Waals surface area contributed by atoms with Gasteiger partial charge in [-0.25, -0.2) is 0 Å². The molecule has 3 N–H and O–H groups in total. The molecule has 33 heavy (non-hydrogen) atoms. The molecule has 0 fully saturated rings. The Kier molecular flexibility index (Phi) is 8.02. The molecule has 3 aromatic rings. The molecule has 3 rings (SSSR count). The molecule has 0 heterocycles. The molecule has 8 nitrogen and oxygen atoms in total. The van der Waals surface area contributed by atoms with E-state index in [2.05, 4.69) is 16.2 Å². The lowest BCUT2D eigenvalue weighted by Gasteiger charge is -2.13. The smallest absolute Gasteiger partial charge is 0.269 e. The summed E-state index contributed by atoms with van der Waals surface area (Å²) >= 11 is 0. The summed E-state index contributed by atoms with van der Waals surface area (Å²) < 4.78 is 11.1. The molecular weight excluding hydrogens is 422 g/mol. The number of amides is 3. The molecule has 3 amide bonds. The van der Waals surface area contributed by atoms with Gasteiger partial charge in [0.2, 0.25) is 0 Å². The predicted molar refractivity (Wildman–Crippen MR) is 125 cm³/mol. The first-order valence-corrected chi connectivity index (χ1v) is 10.5. The Bertz CT molecular complexity index is 1130. The highest BCUT2D eigenvalue weighted by Crippen LogP contribution is 2.29. The molecule has 3 aromatic carbocycles. The standard InChI is InChI=1S/C25H25N3O5/c1-3-32-21-14-13-19(16-22(21)33-4-2)23(29)26-20-12-8-11-18(15-20)25(31)28-27-24(30)17-9-6-5-7-10-17/h5-16H,3-4H2,1-2H3,(H,26,29)(H,27,30)(H,28,31). The highest BCUT2D eigenvalue weighted by molar-refractivity contribution is 6.05. The van der Waals surface area contributed by atoms with Gasteiger partial charge in [-0.15, -0.1) is 0 Å². The van der Waals surface area contributed by atoms with Crippen molar-refractivity contribution in [2.45, 2.75) is 13.8 Å². The van der Waals surface area contributed by atoms with Crippen LogP contribution in [0.5, 0.6) is 11.5 Å². The number of carbonyl (C=O) groups is 3. The fourth-order valence-electron chi connectivity index (χ4n) is 2.98. The number of hydrogen-bond donors (Lipinski definition) is 3. The van der Waals surface area contributed by atoms with Crippen LogP contribution in [0.1, 0.15) is 44.9 Å². The van der Waals surface area contributed by atoms with Crippen LogP contribution in [0, 0.1) is 0 Å². The summed E-state index contributed by atoms with van der Waals surface area (Å²) in [6.07, 6.45) is 0. The van der Waals surface area contributed by atoms with Gasteiger partial charge in [0.05, 0.1) is 13.2 Å². The number of ether oxygens (including phenoxy) is 2. The van der Waals surface area contributed by atoms with Crippen molar-refractivity contribution in [3.8, 4) is 11.5 Å². The topological polar surface area (TPSA) is 106 Å². The minimum atomic E-state index is -0.518. The molecule has 8 heteroatoms. The van der Waals surface area contributed by atoms with Crippen molar-refractivity contribution in [2.24, 2.45) is 0 Å². The first-order valence-electron chi connectivity index (χ1n) is 10.5. The molecule has 0 aromatic heterocycles. The van der Waals surface area contributed by atoms with Gasteiger partial charge in [0, 0.05) is 22.4 Å². The van der Waals surface area contributed by atoms with E-state index in [1.165, 1.54) is 6.07 Å². The van der Waals surface area contributed by atoms with Gasteiger partial charge in [0.15, 0.2) is 11.5 Å². The molecule has 0 aliphatic rings. The van der Waals surface area contributed by atoms with Crippen molar-refractivity contribution >= 4 is 23.4 Å². The monoisotopic (exact) mass is 447 g/mol. The van der Waals surface area contributed by atoms with E-state index in [4.69, 9.17) is 9.47 Å². The Morgan fingerprint density at radius 3 is 1.94 bits per heavy atom. The summed E-state index contributed by atoms with van der Waals surface area (Å²) in [4.78, 5) is 37.2. The van der Waals surface area contributed by atoms with Gasteiger partial charge in [-0.3, -0.25) is 25.2 Å². The first-order chi connectivity index (χ1) is 16.0. The molecule has 0 saturated heterocycles. The van der Waals surface area contributed by atoms with E-state index in [1.807, 2.05) is 13.8 Å². The zero-order chi connectivity index (χ0) is 23.6. The van der Waals surface area contributed by atoms with Crippen molar-refractivity contribution in [1.82, 2.24) is 10.9 Å². The summed E-state index contributed by atoms with van der Waals surface area (Å²) in [7, 11) is 0. The number of nitrogens with one attached hydrogen (secondary N) is 3. The third-order valence-electron chi connectivity index (χ3n) is 4.51. The van der Waals surface area contributed by atoms with E-state index < -0.39 is 11.8 Å². The van der Waals surface area contributed by atoms with Gasteiger partial charge in [-0.1, -0.05) is 24.3 Å². The maximum atomic E-state index is 12.7. The van der Waals surface area contributed by atoms with Crippen LogP contribution in [0.2, 0.25) is 0 Å². The molecule has 0 unspecified atom stereocenters. The third-order valence-corrected chi connectivity index (χ3v) is 4.51. The number of hydrazine groups is 1. The van der Waals surface area contributed by atoms with Crippen molar-refractivity contribution in [1.29, 1.82) is 0 Å². The van der Waals surface area contributed by atoms with Crippen molar-refractivity contribution in [3.05, 3.63) is 89.5 Å². The quantitative estimate of drug-likeness (QED) is 0.456. The second kappa shape index (κ2) is 11.3. The second-order valence-electron chi connectivity index (χ2n) is 6.84. The van der Waals surface area contributed by atoms with E-state index in [-0.39, 0.29) is 11.5 Å². The number of carbonyl (C=O) groups excluding carboxylic acids is 3. The number of rotatable bonds is 8. The summed E-state index contributed by atoms with van der Waals surface area (Å²) in [6, 6.07) is 19.8. The van der Waals surface area contributed by atoms with Gasteiger partial charge in [-0.05, 0) is 62.4 Å². The van der Waals surface area contributed by atoms with Gasteiger partial charge < -0.3 is 14.8 Å². The number of benzene rings is 3. The van der Waals surface area contributed by atoms with Crippen LogP contribution in [-0.2, 0) is 0 Å². The fraction of sp³-hybridized carbons (Fsp3) is 0.160. The summed E-state index contributed by atoms with van der Waals surface area (Å²) in [5.74, 6) is -0.278. The SMILES string of the molecule is CCOc1ccc(C(=O)Nc2cccc(C(=O)NNC(=O)c3ccccc3)c2)cc1OCC. The largest absolute Gasteiger partial charge is 0.490 e. The number of anilines is 1. The summed E-state index contributed by atoms with van der Waals surface area (Å²) in [6.45, 7) is 4.63. The van der Waals surface area contributed by atoms with E-state index >= 15 is 0 Å². The molecule has 0 atom stereocenters. The normalized spacial score (nSPS) is 10.1. The van der Waals surface area contributed by atoms with Crippen LogP contribution in [0.25, 0.3) is 0 Å². The van der Waals surface area contributed by atoms with Crippen LogP contribution in [0.3, 0.4) is 0 Å². The van der Waals surface area contributed by atoms with Crippen LogP contribution < -0.4 is 25.6 Å². The van der Waals surface area contributed by atoms with Crippen LogP contribution >= 0.6 is 0 Å². The minimum absolute atomic E-state index is 0.267. The van der Waals surface area contributed by atoms with E-state index in [0.29, 0.717) is 41.5 Å². The van der Waals surface area contributed by atoms with Crippen molar-refractivity contribution < 1.29 is 23.9 Å². The molecule has 0 saturated carbocycles. The minimum Gasteiger partial charge on any atom is -0.490 e. The van der Waals surface area contributed by atoms with Crippen LogP contribution in [-0.4, -0.2) is 30.9 Å². The molecule has 0 bridgehead atoms. The Morgan fingerprint density at radius 1 is 0.636 bits per heavy atom. The van der Waals surface area contributed by atoms with Gasteiger partial charge >= 0.3 is 0 Å². The average molecular weight is 447 g/mol. The van der Waals surface area contributed by atoms with Gasteiger partial charge in [0.1, 0.15) is 0 Å². The van der Waals surface area contributed by atoms with Gasteiger partial charge in [-0.2, -0.15) is 0 Å². The average Bonchev–Trinajstić information content (AvgIpc) is 2.84. The number of hydrogen-bond acceptors (Lipinski definition) is 5. The Labute approximate surface area is 191 Å². The highest BCUT2D eigenvalue weighted by Gasteiger charge is 2.14. The maximum absolute atomic E-state index is 12.7. The maximum Gasteiger partial charge on any atom is 0.269 e. The predicted octanol–water partition coefficient (Wildman–Crippen LogP) is 3.81. The van der Waals surface area contributed by atoms with E-state index in [9.17, 15) is 14.4 Å². The zero-order valence-corrected chi connectivity index (χ0v) is 18.4. The Balaban J connectivity index is 1.65.